The Balaban J connectivity index is 1.55. The van der Waals surface area contributed by atoms with Gasteiger partial charge in [0.1, 0.15) is 0 Å². The molecule has 1 heterocycles. The minimum absolute atomic E-state index is 0.0175. The van der Waals surface area contributed by atoms with Crippen molar-refractivity contribution in [3.63, 3.8) is 0 Å². The Hall–Kier alpha value is -3.43. The lowest BCUT2D eigenvalue weighted by atomic mass is 9.76. The van der Waals surface area contributed by atoms with Gasteiger partial charge in [-0.1, -0.05) is 24.3 Å². The number of carbonyl (C=O) groups is 1. The van der Waals surface area contributed by atoms with E-state index in [1.165, 1.54) is 36.9 Å². The molecule has 5 rings (SSSR count). The molecule has 3 aromatic carbocycles. The zero-order valence-corrected chi connectivity index (χ0v) is 20.7. The lowest BCUT2D eigenvalue weighted by Crippen LogP contribution is -2.31. The van der Waals surface area contributed by atoms with Crippen LogP contribution in [0.1, 0.15) is 46.8 Å². The quantitative estimate of drug-likeness (QED) is 0.164. The predicted molar refractivity (Wildman–Crippen MR) is 139 cm³/mol. The van der Waals surface area contributed by atoms with Crippen molar-refractivity contribution >= 4 is 46.2 Å². The number of Topliss-reactive ketones (excluding diaryl/α,β-unsaturated/α-hetero) is 1. The van der Waals surface area contributed by atoms with Crippen molar-refractivity contribution in [1.82, 2.24) is 0 Å². The van der Waals surface area contributed by atoms with Crippen LogP contribution in [0.15, 0.2) is 71.6 Å². The Morgan fingerprint density at radius 3 is 2.42 bits per heavy atom. The van der Waals surface area contributed by atoms with E-state index in [1.807, 2.05) is 12.1 Å². The molecule has 0 aromatic heterocycles. The van der Waals surface area contributed by atoms with Crippen LogP contribution in [-0.4, -0.2) is 26.3 Å². The number of para-hydroxylation sites is 1. The van der Waals surface area contributed by atoms with Gasteiger partial charge in [-0.15, -0.1) is 23.4 Å². The van der Waals surface area contributed by atoms with Crippen LogP contribution in [0, 0.1) is 26.1 Å². The lowest BCUT2D eigenvalue weighted by molar-refractivity contribution is -0.387. The second kappa shape index (κ2) is 9.55. The number of nitro groups is 2. The normalized spacial score (nSPS) is 24.3. The SMILES string of the molecule is CC(=O)c1ccc2c(c1)[C@@H]1[C@H](Cl)[C@H](Sc3ccccc3[N+](=O)[O-])C[C@@H]1[C@H](c1ccc([N+](=O)[O-])cc1)N2. The Kier molecular flexibility index (Phi) is 6.44. The van der Waals surface area contributed by atoms with Gasteiger partial charge in [0.25, 0.3) is 11.4 Å². The number of halogens is 1. The zero-order valence-electron chi connectivity index (χ0n) is 19.2. The molecule has 1 fully saturated rings. The number of ketones is 1. The Labute approximate surface area is 216 Å². The van der Waals surface area contributed by atoms with E-state index >= 15 is 0 Å². The number of alkyl halides is 1. The Bertz CT molecular complexity index is 1370. The molecule has 1 aliphatic carbocycles. The monoisotopic (exact) mass is 523 g/mol. The van der Waals surface area contributed by atoms with Crippen molar-refractivity contribution in [2.75, 3.05) is 5.32 Å². The molecule has 10 heteroatoms. The van der Waals surface area contributed by atoms with Crippen LogP contribution in [0.25, 0.3) is 0 Å². The smallest absolute Gasteiger partial charge is 0.282 e. The molecular weight excluding hydrogens is 502 g/mol. The Morgan fingerprint density at radius 1 is 1.03 bits per heavy atom. The van der Waals surface area contributed by atoms with Gasteiger partial charge in [0.2, 0.25) is 0 Å². The molecule has 0 spiro atoms. The molecule has 36 heavy (non-hydrogen) atoms. The summed E-state index contributed by atoms with van der Waals surface area (Å²) in [7, 11) is 0. The largest absolute Gasteiger partial charge is 0.378 e. The van der Waals surface area contributed by atoms with Crippen LogP contribution in [0.4, 0.5) is 17.1 Å². The summed E-state index contributed by atoms with van der Waals surface area (Å²) in [5, 5.41) is 25.8. The van der Waals surface area contributed by atoms with Gasteiger partial charge >= 0.3 is 0 Å². The average Bonchev–Trinajstić information content (AvgIpc) is 3.19. The number of thioether (sulfide) groups is 1. The molecule has 0 unspecified atom stereocenters. The summed E-state index contributed by atoms with van der Waals surface area (Å²) in [6.07, 6.45) is 0.675. The number of hydrogen-bond acceptors (Lipinski definition) is 7. The molecule has 0 radical (unpaired) electrons. The molecule has 0 amide bonds. The van der Waals surface area contributed by atoms with Crippen molar-refractivity contribution in [1.29, 1.82) is 0 Å². The number of non-ortho nitro benzene ring substituents is 1. The minimum Gasteiger partial charge on any atom is -0.378 e. The fraction of sp³-hybridized carbons (Fsp3) is 0.269. The molecule has 3 aromatic rings. The van der Waals surface area contributed by atoms with Gasteiger partial charge < -0.3 is 5.32 Å². The summed E-state index contributed by atoms with van der Waals surface area (Å²) in [5.41, 5.74) is 3.39. The van der Waals surface area contributed by atoms with Gasteiger partial charge in [-0.2, -0.15) is 0 Å². The van der Waals surface area contributed by atoms with E-state index in [4.69, 9.17) is 11.6 Å². The van der Waals surface area contributed by atoms with Crippen molar-refractivity contribution < 1.29 is 14.6 Å². The molecule has 2 aliphatic rings. The van der Waals surface area contributed by atoms with Gasteiger partial charge in [0.15, 0.2) is 5.78 Å². The van der Waals surface area contributed by atoms with Crippen molar-refractivity contribution in [3.05, 3.63) is 104 Å². The van der Waals surface area contributed by atoms with Gasteiger partial charge in [-0.25, -0.2) is 0 Å². The first-order chi connectivity index (χ1) is 17.2. The van der Waals surface area contributed by atoms with Crippen molar-refractivity contribution in [3.8, 4) is 0 Å². The van der Waals surface area contributed by atoms with Crippen molar-refractivity contribution in [2.24, 2.45) is 5.92 Å². The van der Waals surface area contributed by atoms with Crippen LogP contribution < -0.4 is 5.32 Å². The molecule has 1 N–H and O–H groups in total. The van der Waals surface area contributed by atoms with Crippen LogP contribution >= 0.6 is 23.4 Å². The molecule has 5 atom stereocenters. The van der Waals surface area contributed by atoms with Crippen LogP contribution in [0.2, 0.25) is 0 Å². The molecule has 184 valence electrons. The molecule has 0 bridgehead atoms. The average molecular weight is 524 g/mol. The third kappa shape index (κ3) is 4.33. The van der Waals surface area contributed by atoms with E-state index in [2.05, 4.69) is 5.32 Å². The van der Waals surface area contributed by atoms with E-state index in [0.29, 0.717) is 16.9 Å². The maximum absolute atomic E-state index is 12.1. The number of rotatable bonds is 6. The molecule has 0 saturated heterocycles. The number of benzene rings is 3. The number of anilines is 1. The first kappa shape index (κ1) is 24.3. The van der Waals surface area contributed by atoms with Gasteiger partial charge in [0.05, 0.1) is 26.2 Å². The topological polar surface area (TPSA) is 115 Å². The minimum atomic E-state index is -0.427. The number of hydrogen-bond donors (Lipinski definition) is 1. The Morgan fingerprint density at radius 2 is 1.75 bits per heavy atom. The fourth-order valence-corrected chi connectivity index (χ4v) is 7.28. The van der Waals surface area contributed by atoms with E-state index < -0.39 is 4.92 Å². The first-order valence-corrected chi connectivity index (χ1v) is 12.8. The summed E-state index contributed by atoms with van der Waals surface area (Å²) in [6, 6.07) is 18.5. The maximum atomic E-state index is 12.1. The predicted octanol–water partition coefficient (Wildman–Crippen LogP) is 6.74. The lowest BCUT2D eigenvalue weighted by Gasteiger charge is -2.38. The highest BCUT2D eigenvalue weighted by Gasteiger charge is 2.50. The highest BCUT2D eigenvalue weighted by atomic mass is 35.5. The summed E-state index contributed by atoms with van der Waals surface area (Å²) < 4.78 is 0. The van der Waals surface area contributed by atoms with Crippen LogP contribution in [-0.2, 0) is 0 Å². The van der Waals surface area contributed by atoms with Crippen LogP contribution in [0.3, 0.4) is 0 Å². The van der Waals surface area contributed by atoms with E-state index in [0.717, 1.165) is 16.8 Å². The molecule has 1 saturated carbocycles. The number of nitrogens with one attached hydrogen (secondary N) is 1. The van der Waals surface area contributed by atoms with Gasteiger partial charge in [-0.05, 0) is 54.7 Å². The third-order valence-electron chi connectivity index (χ3n) is 7.02. The highest BCUT2D eigenvalue weighted by Crippen LogP contribution is 2.58. The maximum Gasteiger partial charge on any atom is 0.282 e. The molecular formula is C26H22ClN3O5S. The second-order valence-electron chi connectivity index (χ2n) is 9.08. The summed E-state index contributed by atoms with van der Waals surface area (Å²) in [5.74, 6) is -0.131. The second-order valence-corrected chi connectivity index (χ2v) is 10.9. The summed E-state index contributed by atoms with van der Waals surface area (Å²) in [4.78, 5) is 34.6. The number of nitrogens with zero attached hydrogens (tertiary/aromatic N) is 2. The third-order valence-corrected chi connectivity index (χ3v) is 9.14. The standard InChI is InChI=1S/C26H22ClN3O5S/c1-14(31)16-8-11-20-18(12-16)24-19(26(28-20)15-6-9-17(10-7-15)29(32)33)13-23(25(24)27)36-22-5-3-2-4-21(22)30(34)35/h2-12,19,23-26,28H,13H2,1H3/t19-,23+,24-,25+,26-/m0/s1. The van der Waals surface area contributed by atoms with E-state index in [-0.39, 0.29) is 50.6 Å². The molecule has 1 aliphatic heterocycles. The molecule has 8 nitrogen and oxygen atoms in total. The van der Waals surface area contributed by atoms with E-state index in [1.54, 1.807) is 36.4 Å². The zero-order chi connectivity index (χ0) is 25.6. The van der Waals surface area contributed by atoms with Gasteiger partial charge in [0, 0.05) is 40.6 Å². The first-order valence-electron chi connectivity index (χ1n) is 11.4. The number of carbonyl (C=O) groups excluding carboxylic acids is 1. The van der Waals surface area contributed by atoms with E-state index in [9.17, 15) is 25.0 Å². The number of nitro benzene ring substituents is 2. The van der Waals surface area contributed by atoms with Gasteiger partial charge in [-0.3, -0.25) is 25.0 Å². The van der Waals surface area contributed by atoms with Crippen LogP contribution in [0.5, 0.6) is 0 Å². The summed E-state index contributed by atoms with van der Waals surface area (Å²) in [6.45, 7) is 1.52. The van der Waals surface area contributed by atoms with Crippen molar-refractivity contribution in [2.45, 2.75) is 40.8 Å². The summed E-state index contributed by atoms with van der Waals surface area (Å²) >= 11 is 8.53. The number of fused-ring (bicyclic) bond motifs is 3. The fourth-order valence-electron chi connectivity index (χ4n) is 5.34. The highest BCUT2D eigenvalue weighted by molar-refractivity contribution is 8.00.